The fourth-order valence-electron chi connectivity index (χ4n) is 2.24. The van der Waals surface area contributed by atoms with E-state index in [-0.39, 0.29) is 0 Å². The molecule has 4 nitrogen and oxygen atoms in total. The molecule has 0 radical (unpaired) electrons. The molecule has 0 aliphatic carbocycles. The SMILES string of the molecule is Nc1cccc2nc(C3CCOCC3)cn12. The van der Waals surface area contributed by atoms with E-state index in [1.807, 2.05) is 22.6 Å². The summed E-state index contributed by atoms with van der Waals surface area (Å²) >= 11 is 0. The third-order valence-corrected chi connectivity index (χ3v) is 3.18. The van der Waals surface area contributed by atoms with E-state index in [4.69, 9.17) is 10.5 Å². The van der Waals surface area contributed by atoms with Crippen LogP contribution in [-0.2, 0) is 4.74 Å². The zero-order chi connectivity index (χ0) is 11.0. The van der Waals surface area contributed by atoms with Gasteiger partial charge in [0.1, 0.15) is 11.5 Å². The second-order valence-electron chi connectivity index (χ2n) is 4.23. The Labute approximate surface area is 94.0 Å². The molecule has 2 N–H and O–H groups in total. The first-order chi connectivity index (χ1) is 7.84. The van der Waals surface area contributed by atoms with Gasteiger partial charge in [-0.15, -0.1) is 0 Å². The van der Waals surface area contributed by atoms with E-state index in [1.165, 1.54) is 0 Å². The fourth-order valence-corrected chi connectivity index (χ4v) is 2.24. The predicted molar refractivity (Wildman–Crippen MR) is 62.4 cm³/mol. The molecule has 1 aliphatic heterocycles. The second-order valence-corrected chi connectivity index (χ2v) is 4.23. The van der Waals surface area contributed by atoms with E-state index < -0.39 is 0 Å². The van der Waals surface area contributed by atoms with E-state index in [2.05, 4.69) is 11.2 Å². The number of nitrogens with two attached hydrogens (primary N) is 1. The maximum absolute atomic E-state index is 5.90. The number of hydrogen-bond acceptors (Lipinski definition) is 3. The van der Waals surface area contributed by atoms with Crippen molar-refractivity contribution in [3.63, 3.8) is 0 Å². The van der Waals surface area contributed by atoms with Gasteiger partial charge in [0, 0.05) is 25.3 Å². The number of anilines is 1. The monoisotopic (exact) mass is 217 g/mol. The van der Waals surface area contributed by atoms with Gasteiger partial charge in [-0.25, -0.2) is 4.98 Å². The van der Waals surface area contributed by atoms with Crippen LogP contribution in [0.2, 0.25) is 0 Å². The number of nitrogens with zero attached hydrogens (tertiary/aromatic N) is 2. The third kappa shape index (κ3) is 1.55. The van der Waals surface area contributed by atoms with Crippen LogP contribution in [-0.4, -0.2) is 22.6 Å². The molecule has 2 aromatic rings. The van der Waals surface area contributed by atoms with Crippen LogP contribution in [0.5, 0.6) is 0 Å². The van der Waals surface area contributed by atoms with Crippen LogP contribution >= 0.6 is 0 Å². The number of aromatic nitrogens is 2. The highest BCUT2D eigenvalue weighted by atomic mass is 16.5. The van der Waals surface area contributed by atoms with Crippen LogP contribution in [0.25, 0.3) is 5.65 Å². The number of imidazole rings is 1. The lowest BCUT2D eigenvalue weighted by molar-refractivity contribution is 0.0846. The quantitative estimate of drug-likeness (QED) is 0.792. The predicted octanol–water partition coefficient (Wildman–Crippen LogP) is 1.81. The Morgan fingerprint density at radius 2 is 2.12 bits per heavy atom. The molecule has 1 fully saturated rings. The molecule has 2 aromatic heterocycles. The van der Waals surface area contributed by atoms with E-state index in [0.717, 1.165) is 43.2 Å². The average molecular weight is 217 g/mol. The second kappa shape index (κ2) is 3.79. The summed E-state index contributed by atoms with van der Waals surface area (Å²) in [6, 6.07) is 5.81. The Morgan fingerprint density at radius 1 is 1.31 bits per heavy atom. The van der Waals surface area contributed by atoms with Gasteiger partial charge in [0.25, 0.3) is 0 Å². The molecule has 0 unspecified atom stereocenters. The summed E-state index contributed by atoms with van der Waals surface area (Å²) in [5.74, 6) is 1.26. The average Bonchev–Trinajstić information content (AvgIpc) is 2.76. The van der Waals surface area contributed by atoms with Gasteiger partial charge in [-0.05, 0) is 25.0 Å². The minimum Gasteiger partial charge on any atom is -0.385 e. The number of pyridine rings is 1. The first-order valence-corrected chi connectivity index (χ1v) is 5.66. The summed E-state index contributed by atoms with van der Waals surface area (Å²) in [6.07, 6.45) is 4.17. The standard InChI is InChI=1S/C12H15N3O/c13-11-2-1-3-12-14-10(8-15(11)12)9-4-6-16-7-5-9/h1-3,8-9H,4-7,13H2. The Hall–Kier alpha value is -1.55. The number of hydrogen-bond donors (Lipinski definition) is 1. The molecule has 16 heavy (non-hydrogen) atoms. The normalized spacial score (nSPS) is 18.0. The fraction of sp³-hybridized carbons (Fsp3) is 0.417. The summed E-state index contributed by atoms with van der Waals surface area (Å²) in [7, 11) is 0. The summed E-state index contributed by atoms with van der Waals surface area (Å²) < 4.78 is 7.31. The van der Waals surface area contributed by atoms with Gasteiger partial charge in [0.15, 0.2) is 0 Å². The minimum atomic E-state index is 0.521. The zero-order valence-corrected chi connectivity index (χ0v) is 9.10. The molecule has 4 heteroatoms. The lowest BCUT2D eigenvalue weighted by Gasteiger charge is -2.19. The molecule has 0 bridgehead atoms. The molecule has 1 saturated heterocycles. The minimum absolute atomic E-state index is 0.521. The molecular weight excluding hydrogens is 202 g/mol. The smallest absolute Gasteiger partial charge is 0.138 e. The van der Waals surface area contributed by atoms with Gasteiger partial charge in [-0.2, -0.15) is 0 Å². The highest BCUT2D eigenvalue weighted by Crippen LogP contribution is 2.26. The maximum Gasteiger partial charge on any atom is 0.138 e. The number of ether oxygens (including phenoxy) is 1. The van der Waals surface area contributed by atoms with Crippen molar-refractivity contribution in [2.75, 3.05) is 18.9 Å². The van der Waals surface area contributed by atoms with Gasteiger partial charge < -0.3 is 10.5 Å². The molecule has 0 atom stereocenters. The lowest BCUT2D eigenvalue weighted by atomic mass is 9.97. The van der Waals surface area contributed by atoms with Crippen molar-refractivity contribution in [2.24, 2.45) is 0 Å². The van der Waals surface area contributed by atoms with Crippen molar-refractivity contribution in [3.05, 3.63) is 30.1 Å². The van der Waals surface area contributed by atoms with Crippen molar-refractivity contribution in [3.8, 4) is 0 Å². The summed E-state index contributed by atoms with van der Waals surface area (Å²) in [5, 5.41) is 0. The van der Waals surface area contributed by atoms with Crippen LogP contribution in [0, 0.1) is 0 Å². The van der Waals surface area contributed by atoms with Crippen LogP contribution < -0.4 is 5.73 Å². The maximum atomic E-state index is 5.90. The van der Waals surface area contributed by atoms with Crippen molar-refractivity contribution < 1.29 is 4.74 Å². The van der Waals surface area contributed by atoms with Gasteiger partial charge in [0.2, 0.25) is 0 Å². The molecule has 84 valence electrons. The van der Waals surface area contributed by atoms with E-state index in [9.17, 15) is 0 Å². The molecule has 3 rings (SSSR count). The topological polar surface area (TPSA) is 52.5 Å². The van der Waals surface area contributed by atoms with E-state index in [1.54, 1.807) is 0 Å². The molecule has 1 aliphatic rings. The summed E-state index contributed by atoms with van der Waals surface area (Å²) in [6.45, 7) is 1.68. The molecule has 3 heterocycles. The van der Waals surface area contributed by atoms with Crippen LogP contribution in [0.15, 0.2) is 24.4 Å². The highest BCUT2D eigenvalue weighted by Gasteiger charge is 2.18. The van der Waals surface area contributed by atoms with E-state index in [0.29, 0.717) is 5.92 Å². The molecule has 0 spiro atoms. The van der Waals surface area contributed by atoms with E-state index >= 15 is 0 Å². The van der Waals surface area contributed by atoms with Crippen molar-refractivity contribution >= 4 is 11.5 Å². The third-order valence-electron chi connectivity index (χ3n) is 3.18. The number of fused-ring (bicyclic) bond motifs is 1. The molecule has 0 amide bonds. The van der Waals surface area contributed by atoms with Crippen LogP contribution in [0.1, 0.15) is 24.5 Å². The summed E-state index contributed by atoms with van der Waals surface area (Å²) in [5.41, 5.74) is 7.97. The van der Waals surface area contributed by atoms with Crippen LogP contribution in [0.3, 0.4) is 0 Å². The van der Waals surface area contributed by atoms with Gasteiger partial charge >= 0.3 is 0 Å². The first-order valence-electron chi connectivity index (χ1n) is 5.66. The first kappa shape index (κ1) is 9.66. The Morgan fingerprint density at radius 3 is 2.88 bits per heavy atom. The molecular formula is C12H15N3O. The Kier molecular flexibility index (Phi) is 2.29. The highest BCUT2D eigenvalue weighted by molar-refractivity contribution is 5.49. The molecule has 0 aromatic carbocycles. The van der Waals surface area contributed by atoms with Crippen molar-refractivity contribution in [1.29, 1.82) is 0 Å². The van der Waals surface area contributed by atoms with Gasteiger partial charge in [-0.1, -0.05) is 6.07 Å². The van der Waals surface area contributed by atoms with Gasteiger partial charge in [-0.3, -0.25) is 4.40 Å². The van der Waals surface area contributed by atoms with Crippen molar-refractivity contribution in [2.45, 2.75) is 18.8 Å². The number of nitrogen functional groups attached to an aromatic ring is 1. The number of rotatable bonds is 1. The lowest BCUT2D eigenvalue weighted by Crippen LogP contribution is -2.14. The zero-order valence-electron chi connectivity index (χ0n) is 9.10. The summed E-state index contributed by atoms with van der Waals surface area (Å²) in [4.78, 5) is 4.62. The van der Waals surface area contributed by atoms with Crippen molar-refractivity contribution in [1.82, 2.24) is 9.38 Å². The Balaban J connectivity index is 2.01. The van der Waals surface area contributed by atoms with Crippen LogP contribution in [0.4, 0.5) is 5.82 Å². The Bertz CT molecular complexity index is 500. The molecule has 0 saturated carbocycles. The largest absolute Gasteiger partial charge is 0.385 e. The van der Waals surface area contributed by atoms with Gasteiger partial charge in [0.05, 0.1) is 5.69 Å².